The minimum atomic E-state index is -1.18. The fourth-order valence-electron chi connectivity index (χ4n) is 2.10. The first-order chi connectivity index (χ1) is 12.9. The Hall–Kier alpha value is -3.74. The van der Waals surface area contributed by atoms with E-state index in [1.165, 1.54) is 50.6 Å². The number of carbonyl (C=O) groups excluding carboxylic acids is 1. The molecule has 0 bridgehead atoms. The number of methoxy groups -OCH3 is 2. The minimum Gasteiger partial charge on any atom is -0.504 e. The van der Waals surface area contributed by atoms with Crippen LogP contribution in [0.1, 0.15) is 11.1 Å². The van der Waals surface area contributed by atoms with Crippen LogP contribution in [0.25, 0.3) is 12.2 Å². The van der Waals surface area contributed by atoms with Crippen LogP contribution in [0.2, 0.25) is 0 Å². The highest BCUT2D eigenvalue weighted by atomic mass is 16.5. The quantitative estimate of drug-likeness (QED) is 0.334. The highest BCUT2D eigenvalue weighted by Crippen LogP contribution is 2.26. The van der Waals surface area contributed by atoms with Gasteiger partial charge in [-0.05, 0) is 47.5 Å². The van der Waals surface area contributed by atoms with Gasteiger partial charge in [-0.25, -0.2) is 9.59 Å². The highest BCUT2D eigenvalue weighted by Gasteiger charge is 2.07. The van der Waals surface area contributed by atoms with Gasteiger partial charge in [0.2, 0.25) is 5.76 Å². The molecule has 0 saturated heterocycles. The van der Waals surface area contributed by atoms with E-state index in [9.17, 15) is 14.7 Å². The Kier molecular flexibility index (Phi) is 6.60. The number of hydrogen-bond donors (Lipinski definition) is 2. The molecule has 27 heavy (non-hydrogen) atoms. The number of ether oxygens (including phenoxy) is 3. The van der Waals surface area contributed by atoms with Gasteiger partial charge in [0, 0.05) is 6.08 Å². The van der Waals surface area contributed by atoms with E-state index in [0.717, 1.165) is 0 Å². The second kappa shape index (κ2) is 9.10. The summed E-state index contributed by atoms with van der Waals surface area (Å²) in [7, 11) is 2.70. The van der Waals surface area contributed by atoms with Gasteiger partial charge in [-0.15, -0.1) is 0 Å². The fourth-order valence-corrected chi connectivity index (χ4v) is 2.10. The number of carboxylic acids is 1. The summed E-state index contributed by atoms with van der Waals surface area (Å²) in [5.41, 5.74) is 1.24. The molecular formula is C20H18O7. The van der Waals surface area contributed by atoms with Crippen molar-refractivity contribution in [1.29, 1.82) is 0 Å². The lowest BCUT2D eigenvalue weighted by atomic mass is 10.2. The molecule has 0 aliphatic carbocycles. The lowest BCUT2D eigenvalue weighted by molar-refractivity contribution is -0.136. The monoisotopic (exact) mass is 370 g/mol. The van der Waals surface area contributed by atoms with Gasteiger partial charge >= 0.3 is 11.9 Å². The van der Waals surface area contributed by atoms with Crippen molar-refractivity contribution in [3.8, 4) is 17.2 Å². The first-order valence-electron chi connectivity index (χ1n) is 7.79. The topological polar surface area (TPSA) is 102 Å². The number of aromatic hydroxyl groups is 1. The molecule has 0 heterocycles. The predicted octanol–water partition coefficient (Wildman–Crippen LogP) is 3.09. The molecule has 0 aliphatic rings. The van der Waals surface area contributed by atoms with Crippen LogP contribution >= 0.6 is 0 Å². The number of aliphatic carboxylic acids is 1. The van der Waals surface area contributed by atoms with E-state index in [4.69, 9.17) is 19.3 Å². The summed E-state index contributed by atoms with van der Waals surface area (Å²) in [6, 6.07) is 10.9. The number of hydrogen-bond acceptors (Lipinski definition) is 6. The third kappa shape index (κ3) is 5.64. The molecule has 0 radical (unpaired) electrons. The molecule has 0 amide bonds. The standard InChI is InChI=1S/C20H18O7/c1-25-17-11-14(5-9-16(17)21)6-10-19(22)27-15-7-3-13(4-8-15)12-18(26-2)20(23)24/h3-12,21H,1-2H3,(H,23,24). The number of rotatable bonds is 7. The first-order valence-corrected chi connectivity index (χ1v) is 7.79. The smallest absolute Gasteiger partial charge is 0.371 e. The van der Waals surface area contributed by atoms with Crippen LogP contribution in [0.5, 0.6) is 17.2 Å². The van der Waals surface area contributed by atoms with Crippen molar-refractivity contribution in [3.05, 3.63) is 65.4 Å². The molecule has 0 fully saturated rings. The third-order valence-corrected chi connectivity index (χ3v) is 3.44. The van der Waals surface area contributed by atoms with Crippen molar-refractivity contribution in [2.45, 2.75) is 0 Å². The second-order valence-electron chi connectivity index (χ2n) is 5.27. The molecule has 2 rings (SSSR count). The van der Waals surface area contributed by atoms with E-state index in [0.29, 0.717) is 22.6 Å². The molecule has 0 spiro atoms. The van der Waals surface area contributed by atoms with Crippen LogP contribution in [0.15, 0.2) is 54.3 Å². The summed E-state index contributed by atoms with van der Waals surface area (Å²) in [6.07, 6.45) is 4.12. The summed E-state index contributed by atoms with van der Waals surface area (Å²) >= 11 is 0. The van der Waals surface area contributed by atoms with Crippen molar-refractivity contribution >= 4 is 24.1 Å². The van der Waals surface area contributed by atoms with Crippen LogP contribution < -0.4 is 9.47 Å². The van der Waals surface area contributed by atoms with Crippen molar-refractivity contribution in [1.82, 2.24) is 0 Å². The summed E-state index contributed by atoms with van der Waals surface area (Å²) in [5, 5.41) is 18.5. The molecule has 0 unspecified atom stereocenters. The normalized spacial score (nSPS) is 11.3. The fraction of sp³-hybridized carbons (Fsp3) is 0.100. The van der Waals surface area contributed by atoms with E-state index >= 15 is 0 Å². The summed E-state index contributed by atoms with van der Waals surface area (Å²) in [5.74, 6) is -1.36. The van der Waals surface area contributed by atoms with Gasteiger partial charge in [-0.2, -0.15) is 0 Å². The van der Waals surface area contributed by atoms with Gasteiger partial charge in [0.1, 0.15) is 5.75 Å². The van der Waals surface area contributed by atoms with Crippen LogP contribution in [0, 0.1) is 0 Å². The third-order valence-electron chi connectivity index (χ3n) is 3.44. The van der Waals surface area contributed by atoms with Crippen molar-refractivity contribution in [2.75, 3.05) is 14.2 Å². The number of benzene rings is 2. The number of carboxylic acid groups (broad SMARTS) is 1. The Balaban J connectivity index is 2.02. The van der Waals surface area contributed by atoms with Gasteiger partial charge in [0.15, 0.2) is 11.5 Å². The van der Waals surface area contributed by atoms with Crippen molar-refractivity contribution < 1.29 is 34.0 Å². The van der Waals surface area contributed by atoms with Crippen LogP contribution in [0.4, 0.5) is 0 Å². The molecule has 7 nitrogen and oxygen atoms in total. The van der Waals surface area contributed by atoms with Crippen LogP contribution in [-0.4, -0.2) is 36.4 Å². The van der Waals surface area contributed by atoms with Gasteiger partial charge in [0.25, 0.3) is 0 Å². The van der Waals surface area contributed by atoms with E-state index in [-0.39, 0.29) is 11.5 Å². The maximum Gasteiger partial charge on any atom is 0.371 e. The molecule has 0 aliphatic heterocycles. The van der Waals surface area contributed by atoms with E-state index in [1.807, 2.05) is 0 Å². The van der Waals surface area contributed by atoms with E-state index in [2.05, 4.69) is 0 Å². The minimum absolute atomic E-state index is 0.00546. The number of carbonyl (C=O) groups is 2. The van der Waals surface area contributed by atoms with Gasteiger partial charge in [0.05, 0.1) is 14.2 Å². The predicted molar refractivity (Wildman–Crippen MR) is 98.4 cm³/mol. The zero-order chi connectivity index (χ0) is 19.8. The molecule has 0 aromatic heterocycles. The largest absolute Gasteiger partial charge is 0.504 e. The van der Waals surface area contributed by atoms with Crippen LogP contribution in [0.3, 0.4) is 0 Å². The number of phenolic OH excluding ortho intramolecular Hbond substituents is 1. The molecule has 2 aromatic rings. The van der Waals surface area contributed by atoms with E-state index < -0.39 is 11.9 Å². The van der Waals surface area contributed by atoms with Crippen LogP contribution in [-0.2, 0) is 14.3 Å². The Labute approximate surface area is 155 Å². The Morgan fingerprint density at radius 2 is 1.67 bits per heavy atom. The van der Waals surface area contributed by atoms with Gasteiger partial charge in [-0.3, -0.25) is 0 Å². The highest BCUT2D eigenvalue weighted by molar-refractivity contribution is 5.90. The maximum atomic E-state index is 11.9. The summed E-state index contributed by atoms with van der Waals surface area (Å²) in [4.78, 5) is 22.8. The lowest BCUT2D eigenvalue weighted by Crippen LogP contribution is -2.04. The van der Waals surface area contributed by atoms with E-state index in [1.54, 1.807) is 24.3 Å². The molecule has 7 heteroatoms. The molecule has 140 valence electrons. The van der Waals surface area contributed by atoms with Gasteiger partial charge in [-0.1, -0.05) is 18.2 Å². The Bertz CT molecular complexity index is 880. The zero-order valence-corrected chi connectivity index (χ0v) is 14.7. The van der Waals surface area contributed by atoms with Crippen molar-refractivity contribution in [3.63, 3.8) is 0 Å². The second-order valence-corrected chi connectivity index (χ2v) is 5.27. The molecule has 2 aromatic carbocycles. The Morgan fingerprint density at radius 3 is 2.26 bits per heavy atom. The Morgan fingerprint density at radius 1 is 1.00 bits per heavy atom. The lowest BCUT2D eigenvalue weighted by Gasteiger charge is -2.04. The number of phenols is 1. The summed E-state index contributed by atoms with van der Waals surface area (Å²) in [6.45, 7) is 0. The average molecular weight is 370 g/mol. The number of esters is 1. The van der Waals surface area contributed by atoms with Gasteiger partial charge < -0.3 is 24.4 Å². The molecule has 0 atom stereocenters. The molecule has 0 saturated carbocycles. The first kappa shape index (κ1) is 19.6. The maximum absolute atomic E-state index is 11.9. The summed E-state index contributed by atoms with van der Waals surface area (Å²) < 4.78 is 14.9. The SMILES string of the molecule is COC(=Cc1ccc(OC(=O)C=Cc2ccc(O)c(OC)c2)cc1)C(=O)O. The average Bonchev–Trinajstić information content (AvgIpc) is 2.66. The van der Waals surface area contributed by atoms with Crippen molar-refractivity contribution in [2.24, 2.45) is 0 Å². The molecular weight excluding hydrogens is 352 g/mol. The zero-order valence-electron chi connectivity index (χ0n) is 14.7. The molecule has 2 N–H and O–H groups in total.